The molecule has 4 heterocycles. The minimum atomic E-state index is -1.09. The summed E-state index contributed by atoms with van der Waals surface area (Å²) in [6.45, 7) is 3.56. The van der Waals surface area contributed by atoms with Crippen LogP contribution in [-0.2, 0) is 32.0 Å². The second kappa shape index (κ2) is 16.9. The van der Waals surface area contributed by atoms with Crippen LogP contribution < -0.4 is 5.32 Å². The van der Waals surface area contributed by atoms with Crippen LogP contribution in [0.25, 0.3) is 0 Å². The average molecular weight is 782 g/mol. The number of carboxylic acid groups (broad SMARTS) is 1. The Kier molecular flexibility index (Phi) is 12.1. The molecule has 0 spiro atoms. The van der Waals surface area contributed by atoms with Gasteiger partial charge in [-0.1, -0.05) is 24.3 Å². The molecule has 2 atom stereocenters. The summed E-state index contributed by atoms with van der Waals surface area (Å²) < 4.78 is 6.47. The number of hydrogen-bond donors (Lipinski definition) is 2. The van der Waals surface area contributed by atoms with Gasteiger partial charge in [-0.15, -0.1) is 4.91 Å². The van der Waals surface area contributed by atoms with Crippen LogP contribution in [0.1, 0.15) is 56.1 Å². The predicted molar refractivity (Wildman–Crippen MR) is 195 cm³/mol. The summed E-state index contributed by atoms with van der Waals surface area (Å²) in [5.41, 5.74) is 2.84. The molecule has 0 radical (unpaired) electrons. The number of anilines is 1. The number of likely N-dealkylation sites (tertiary alicyclic amines) is 3. The van der Waals surface area contributed by atoms with Gasteiger partial charge in [0, 0.05) is 74.9 Å². The molecule has 6 rings (SSSR count). The van der Waals surface area contributed by atoms with Gasteiger partial charge in [0.15, 0.2) is 6.10 Å². The molecule has 278 valence electrons. The SMILES string of the molecule is O=Nc1ccc(C[C@@H](OC(=O)N2CCC(N3CCc4ccccc4NC3=O)CC2)C(=O)N2CCC(C3CCN(C(=O)CCC(=O)O)C3)CC2)cc1Br. The van der Waals surface area contributed by atoms with E-state index in [0.29, 0.717) is 80.5 Å². The summed E-state index contributed by atoms with van der Waals surface area (Å²) in [5, 5.41) is 15.0. The van der Waals surface area contributed by atoms with E-state index in [1.165, 1.54) is 0 Å². The van der Waals surface area contributed by atoms with Crippen LogP contribution in [0.4, 0.5) is 21.0 Å². The zero-order chi connectivity index (χ0) is 36.8. The summed E-state index contributed by atoms with van der Waals surface area (Å²) in [6.07, 6.45) is 2.54. The Morgan fingerprint density at radius 1 is 0.885 bits per heavy atom. The van der Waals surface area contributed by atoms with Crippen molar-refractivity contribution in [3.8, 4) is 0 Å². The first-order valence-electron chi connectivity index (χ1n) is 18.1. The van der Waals surface area contributed by atoms with Crippen molar-refractivity contribution < 1.29 is 33.8 Å². The Labute approximate surface area is 310 Å². The minimum absolute atomic E-state index is 0.00290. The first-order valence-corrected chi connectivity index (χ1v) is 18.9. The van der Waals surface area contributed by atoms with Gasteiger partial charge in [-0.05, 0) is 101 Å². The van der Waals surface area contributed by atoms with Crippen molar-refractivity contribution >= 4 is 57.2 Å². The Morgan fingerprint density at radius 2 is 1.58 bits per heavy atom. The number of rotatable bonds is 10. The molecule has 0 saturated carbocycles. The van der Waals surface area contributed by atoms with E-state index in [1.807, 2.05) is 29.2 Å². The number of nitrogens with zero attached hydrogens (tertiary/aromatic N) is 5. The summed E-state index contributed by atoms with van der Waals surface area (Å²) in [6, 6.07) is 12.6. The Bertz CT molecular complexity index is 1670. The molecular weight excluding hydrogens is 736 g/mol. The first kappa shape index (κ1) is 37.2. The van der Waals surface area contributed by atoms with E-state index in [2.05, 4.69) is 26.4 Å². The first-order chi connectivity index (χ1) is 25.1. The minimum Gasteiger partial charge on any atom is -0.481 e. The molecule has 4 aliphatic heterocycles. The fourth-order valence-electron chi connectivity index (χ4n) is 8.00. The molecule has 1 unspecified atom stereocenters. The highest BCUT2D eigenvalue weighted by Gasteiger charge is 2.38. The van der Waals surface area contributed by atoms with Crippen LogP contribution in [0.5, 0.6) is 0 Å². The Morgan fingerprint density at radius 3 is 2.29 bits per heavy atom. The summed E-state index contributed by atoms with van der Waals surface area (Å²) in [4.78, 5) is 82.2. The molecule has 4 aliphatic rings. The number of ether oxygens (including phenoxy) is 1. The van der Waals surface area contributed by atoms with Crippen LogP contribution in [-0.4, -0.2) is 113 Å². The highest BCUT2D eigenvalue weighted by Crippen LogP contribution is 2.33. The monoisotopic (exact) mass is 780 g/mol. The molecule has 52 heavy (non-hydrogen) atoms. The number of para-hydroxylation sites is 1. The highest BCUT2D eigenvalue weighted by atomic mass is 79.9. The number of halogens is 1. The van der Waals surface area contributed by atoms with Gasteiger partial charge >= 0.3 is 18.1 Å². The van der Waals surface area contributed by atoms with Crippen molar-refractivity contribution in [1.82, 2.24) is 19.6 Å². The van der Waals surface area contributed by atoms with Crippen molar-refractivity contribution in [1.29, 1.82) is 0 Å². The number of nitroso groups, excluding NO2 is 1. The quantitative estimate of drug-likeness (QED) is 0.302. The zero-order valence-electron chi connectivity index (χ0n) is 29.1. The maximum atomic E-state index is 14.0. The van der Waals surface area contributed by atoms with Crippen molar-refractivity contribution in [2.75, 3.05) is 51.1 Å². The van der Waals surface area contributed by atoms with Crippen LogP contribution in [0.15, 0.2) is 52.1 Å². The summed E-state index contributed by atoms with van der Waals surface area (Å²) in [7, 11) is 0. The van der Waals surface area contributed by atoms with Crippen LogP contribution in [0, 0.1) is 16.7 Å². The summed E-state index contributed by atoms with van der Waals surface area (Å²) in [5.74, 6) is -0.784. The van der Waals surface area contributed by atoms with E-state index in [4.69, 9.17) is 9.84 Å². The fourth-order valence-corrected chi connectivity index (χ4v) is 8.50. The van der Waals surface area contributed by atoms with Gasteiger partial charge < -0.3 is 34.8 Å². The number of nitrogens with one attached hydrogen (secondary N) is 1. The molecule has 0 bridgehead atoms. The van der Waals surface area contributed by atoms with E-state index < -0.39 is 18.2 Å². The molecule has 0 aromatic heterocycles. The number of carboxylic acids is 1. The number of carbonyl (C=O) groups excluding carboxylic acids is 4. The molecule has 3 saturated heterocycles. The average Bonchev–Trinajstić information content (AvgIpc) is 3.58. The lowest BCUT2D eigenvalue weighted by atomic mass is 9.83. The molecule has 0 aliphatic carbocycles. The standard InChI is InChI=1S/C37H45BrN6O8/c38-29-21-24(5-6-31(29)40-51)22-32(35(48)41-15-9-25(10-16-41)27-11-17-43(23-27)33(45)7-8-34(46)47)52-37(50)42-18-13-28(14-19-42)44-20-12-26-3-1-2-4-30(26)39-36(44)49/h1-6,21,25,27-28,32H,7-20,22-23H2,(H,39,49)(H,46,47)/t27?,32-/m1/s1. The largest absolute Gasteiger partial charge is 0.481 e. The molecule has 2 aromatic rings. The smallest absolute Gasteiger partial charge is 0.410 e. The number of urea groups is 1. The molecule has 14 nitrogen and oxygen atoms in total. The van der Waals surface area contributed by atoms with Crippen LogP contribution in [0.2, 0.25) is 0 Å². The van der Waals surface area contributed by atoms with Crippen LogP contribution in [0.3, 0.4) is 0 Å². The van der Waals surface area contributed by atoms with Crippen molar-refractivity contribution in [3.63, 3.8) is 0 Å². The number of carbonyl (C=O) groups is 5. The van der Waals surface area contributed by atoms with Gasteiger partial charge in [-0.3, -0.25) is 14.4 Å². The Hall–Kier alpha value is -4.53. The molecule has 15 heteroatoms. The van der Waals surface area contributed by atoms with E-state index in [1.54, 1.807) is 32.9 Å². The molecular formula is C37H45BrN6O8. The van der Waals surface area contributed by atoms with Gasteiger partial charge in [0.25, 0.3) is 5.91 Å². The molecule has 2 aromatic carbocycles. The maximum absolute atomic E-state index is 14.0. The lowest BCUT2D eigenvalue weighted by molar-refractivity contribution is -0.142. The van der Waals surface area contributed by atoms with Gasteiger partial charge in [-0.2, -0.15) is 0 Å². The van der Waals surface area contributed by atoms with E-state index >= 15 is 0 Å². The normalized spacial score (nSPS) is 20.5. The number of piperidine rings is 2. The lowest BCUT2D eigenvalue weighted by Gasteiger charge is -2.38. The highest BCUT2D eigenvalue weighted by molar-refractivity contribution is 9.10. The van der Waals surface area contributed by atoms with Gasteiger partial charge in [0.2, 0.25) is 5.91 Å². The third kappa shape index (κ3) is 8.91. The van der Waals surface area contributed by atoms with Crippen LogP contribution >= 0.6 is 15.9 Å². The topological polar surface area (TPSA) is 169 Å². The van der Waals surface area contributed by atoms with E-state index in [-0.39, 0.29) is 48.8 Å². The van der Waals surface area contributed by atoms with Gasteiger partial charge in [-0.25, -0.2) is 9.59 Å². The number of hydrogen-bond acceptors (Lipinski definition) is 8. The second-order valence-electron chi connectivity index (χ2n) is 14.1. The fraction of sp³-hybridized carbons (Fsp3) is 0.541. The lowest BCUT2D eigenvalue weighted by Crippen LogP contribution is -2.51. The predicted octanol–water partition coefficient (Wildman–Crippen LogP) is 5.40. The zero-order valence-corrected chi connectivity index (χ0v) is 30.7. The van der Waals surface area contributed by atoms with Crippen molar-refractivity contribution in [2.24, 2.45) is 17.0 Å². The second-order valence-corrected chi connectivity index (χ2v) is 15.0. The van der Waals surface area contributed by atoms with Gasteiger partial charge in [0.05, 0.1) is 6.42 Å². The molecule has 3 fully saturated rings. The third-order valence-electron chi connectivity index (χ3n) is 11.0. The Balaban J connectivity index is 1.05. The number of amides is 5. The van der Waals surface area contributed by atoms with E-state index in [9.17, 15) is 28.9 Å². The van der Waals surface area contributed by atoms with E-state index in [0.717, 1.165) is 36.9 Å². The number of benzene rings is 2. The maximum Gasteiger partial charge on any atom is 0.410 e. The van der Waals surface area contributed by atoms with Crippen molar-refractivity contribution in [2.45, 2.75) is 69.9 Å². The molecule has 5 amide bonds. The number of fused-ring (bicyclic) bond motifs is 1. The van der Waals surface area contributed by atoms with Crippen molar-refractivity contribution in [3.05, 3.63) is 63.0 Å². The molecule has 2 N–H and O–H groups in total. The number of aliphatic carboxylic acids is 1. The van der Waals surface area contributed by atoms with Gasteiger partial charge in [0.1, 0.15) is 5.69 Å². The third-order valence-corrected chi connectivity index (χ3v) is 11.6. The summed E-state index contributed by atoms with van der Waals surface area (Å²) >= 11 is 3.36.